The second-order valence-corrected chi connectivity index (χ2v) is 9.68. The first-order valence-electron chi connectivity index (χ1n) is 10.6. The van der Waals surface area contributed by atoms with Gasteiger partial charge in [-0.15, -0.1) is 0 Å². The van der Waals surface area contributed by atoms with Crippen LogP contribution in [0.15, 0.2) is 69.5 Å². The molecule has 164 valence electrons. The second kappa shape index (κ2) is 11.0. The lowest BCUT2D eigenvalue weighted by molar-refractivity contribution is 0.00845. The topological polar surface area (TPSA) is 30.5 Å². The lowest BCUT2D eigenvalue weighted by atomic mass is 9.89. The van der Waals surface area contributed by atoms with Crippen LogP contribution in [0.5, 0.6) is 0 Å². The van der Waals surface area contributed by atoms with Crippen molar-refractivity contribution in [2.75, 3.05) is 12.0 Å². The van der Waals surface area contributed by atoms with E-state index in [4.69, 9.17) is 9.47 Å². The summed E-state index contributed by atoms with van der Waals surface area (Å²) in [5, 5.41) is 3.31. The lowest BCUT2D eigenvalue weighted by Gasteiger charge is -2.20. The standard InChI is InChI=1S/C26H36BrNO2/c1-8-18(2)20(4)23-15-24(27)25(13-12-19(23)3)29-16-21-10-9-11-22(14-21)28-17-30-26(5,6)7/h8-11,13-15,20,28H,12,16-17H2,1-7H3. The summed E-state index contributed by atoms with van der Waals surface area (Å²) in [6, 6.07) is 8.26. The number of halogens is 1. The van der Waals surface area contributed by atoms with Gasteiger partial charge < -0.3 is 14.8 Å². The molecule has 0 aliphatic heterocycles. The molecule has 0 fully saturated rings. The van der Waals surface area contributed by atoms with Crippen molar-refractivity contribution in [1.82, 2.24) is 0 Å². The van der Waals surface area contributed by atoms with Crippen LogP contribution in [0.3, 0.4) is 0 Å². The number of hydrogen-bond acceptors (Lipinski definition) is 3. The zero-order valence-corrected chi connectivity index (χ0v) is 21.0. The Morgan fingerprint density at radius 3 is 2.70 bits per heavy atom. The summed E-state index contributed by atoms with van der Waals surface area (Å²) in [5.74, 6) is 1.29. The van der Waals surface area contributed by atoms with E-state index in [9.17, 15) is 0 Å². The first-order chi connectivity index (χ1) is 14.1. The minimum absolute atomic E-state index is 0.160. The average molecular weight is 474 g/mol. The van der Waals surface area contributed by atoms with Crippen molar-refractivity contribution in [3.8, 4) is 0 Å². The molecule has 2 rings (SSSR count). The van der Waals surface area contributed by atoms with E-state index in [1.54, 1.807) is 0 Å². The fourth-order valence-electron chi connectivity index (χ4n) is 3.18. The van der Waals surface area contributed by atoms with Gasteiger partial charge in [-0.05, 0) is 99.3 Å². The highest BCUT2D eigenvalue weighted by molar-refractivity contribution is 9.12. The Labute approximate surface area is 191 Å². The summed E-state index contributed by atoms with van der Waals surface area (Å²) in [7, 11) is 0. The molecule has 30 heavy (non-hydrogen) atoms. The van der Waals surface area contributed by atoms with Crippen LogP contribution in [0.2, 0.25) is 0 Å². The van der Waals surface area contributed by atoms with Crippen LogP contribution in [0.25, 0.3) is 0 Å². The number of allylic oxidation sites excluding steroid dienone is 7. The number of hydrogen-bond donors (Lipinski definition) is 1. The number of benzene rings is 1. The van der Waals surface area contributed by atoms with E-state index in [-0.39, 0.29) is 5.60 Å². The first kappa shape index (κ1) is 24.5. The Balaban J connectivity index is 2.02. The maximum absolute atomic E-state index is 6.18. The van der Waals surface area contributed by atoms with Crippen LogP contribution in [0, 0.1) is 5.92 Å². The molecule has 3 nitrogen and oxygen atoms in total. The third-order valence-electron chi connectivity index (χ3n) is 5.31. The van der Waals surface area contributed by atoms with E-state index in [0.717, 1.165) is 27.9 Å². The Morgan fingerprint density at radius 2 is 2.03 bits per heavy atom. The molecule has 4 heteroatoms. The lowest BCUT2D eigenvalue weighted by Crippen LogP contribution is -2.23. The molecule has 1 aromatic rings. The van der Waals surface area contributed by atoms with Crippen molar-refractivity contribution in [2.24, 2.45) is 5.92 Å². The van der Waals surface area contributed by atoms with Crippen LogP contribution in [-0.2, 0) is 16.1 Å². The highest BCUT2D eigenvalue weighted by Crippen LogP contribution is 2.33. The summed E-state index contributed by atoms with van der Waals surface area (Å²) in [5.41, 5.74) is 6.10. The molecule has 0 aromatic heterocycles. The molecule has 1 aliphatic rings. The van der Waals surface area contributed by atoms with E-state index in [1.807, 2.05) is 32.9 Å². The zero-order chi connectivity index (χ0) is 22.3. The second-order valence-electron chi connectivity index (χ2n) is 8.82. The van der Waals surface area contributed by atoms with Crippen molar-refractivity contribution in [1.29, 1.82) is 0 Å². The van der Waals surface area contributed by atoms with Crippen molar-refractivity contribution >= 4 is 21.6 Å². The monoisotopic (exact) mass is 473 g/mol. The SMILES string of the molecule is CC=C(C)C(C)C1=C(C)CC=C(OCc2cccc(NCOC(C)(C)C)c2)C(Br)=C1. The van der Waals surface area contributed by atoms with E-state index in [2.05, 4.69) is 79.3 Å². The quantitative estimate of drug-likeness (QED) is 0.307. The highest BCUT2D eigenvalue weighted by atomic mass is 79.9. The molecule has 1 atom stereocenters. The number of anilines is 1. The Morgan fingerprint density at radius 1 is 1.30 bits per heavy atom. The van der Waals surface area contributed by atoms with Crippen LogP contribution in [0.4, 0.5) is 5.69 Å². The molecule has 0 amide bonds. The molecule has 0 radical (unpaired) electrons. The van der Waals surface area contributed by atoms with Gasteiger partial charge in [0.05, 0.1) is 10.1 Å². The third kappa shape index (κ3) is 7.48. The minimum atomic E-state index is -0.160. The van der Waals surface area contributed by atoms with E-state index < -0.39 is 0 Å². The fourth-order valence-corrected chi connectivity index (χ4v) is 3.70. The van der Waals surface area contributed by atoms with Gasteiger partial charge in [0, 0.05) is 11.6 Å². The van der Waals surface area contributed by atoms with Gasteiger partial charge in [-0.3, -0.25) is 0 Å². The predicted molar refractivity (Wildman–Crippen MR) is 132 cm³/mol. The molecule has 0 saturated heterocycles. The van der Waals surface area contributed by atoms with Gasteiger partial charge in [0.1, 0.15) is 19.1 Å². The van der Waals surface area contributed by atoms with Crippen LogP contribution < -0.4 is 5.32 Å². The molecular weight excluding hydrogens is 438 g/mol. The van der Waals surface area contributed by atoms with Gasteiger partial charge in [0.25, 0.3) is 0 Å². The molecule has 1 aromatic carbocycles. The van der Waals surface area contributed by atoms with Crippen molar-refractivity contribution in [3.63, 3.8) is 0 Å². The van der Waals surface area contributed by atoms with Crippen LogP contribution in [0.1, 0.15) is 60.5 Å². The van der Waals surface area contributed by atoms with E-state index >= 15 is 0 Å². The van der Waals surface area contributed by atoms with Gasteiger partial charge in [-0.1, -0.05) is 36.3 Å². The third-order valence-corrected chi connectivity index (χ3v) is 5.93. The van der Waals surface area contributed by atoms with Crippen molar-refractivity contribution < 1.29 is 9.47 Å². The molecule has 0 bridgehead atoms. The summed E-state index contributed by atoms with van der Waals surface area (Å²) in [6.45, 7) is 15.9. The molecular formula is C26H36BrNO2. The molecule has 0 spiro atoms. The number of rotatable bonds is 8. The summed E-state index contributed by atoms with van der Waals surface area (Å²) in [6.07, 6.45) is 7.47. The fraction of sp³-hybridized carbons (Fsp3) is 0.462. The Bertz CT molecular complexity index is 856. The van der Waals surface area contributed by atoms with Crippen molar-refractivity contribution in [3.05, 3.63) is 75.0 Å². The molecule has 1 N–H and O–H groups in total. The largest absolute Gasteiger partial charge is 0.488 e. The maximum Gasteiger partial charge on any atom is 0.130 e. The minimum Gasteiger partial charge on any atom is -0.488 e. The molecule has 1 unspecified atom stereocenters. The van der Waals surface area contributed by atoms with E-state index in [1.165, 1.54) is 16.7 Å². The van der Waals surface area contributed by atoms with Gasteiger partial charge in [-0.2, -0.15) is 0 Å². The average Bonchev–Trinajstić information content (AvgIpc) is 2.83. The van der Waals surface area contributed by atoms with Crippen LogP contribution in [-0.4, -0.2) is 12.3 Å². The Hall–Kier alpha value is -1.78. The normalized spacial score (nSPS) is 16.6. The van der Waals surface area contributed by atoms with Gasteiger partial charge >= 0.3 is 0 Å². The Kier molecular flexibility index (Phi) is 8.99. The summed E-state index contributed by atoms with van der Waals surface area (Å²) in [4.78, 5) is 0. The molecule has 0 saturated carbocycles. The highest BCUT2D eigenvalue weighted by Gasteiger charge is 2.17. The maximum atomic E-state index is 6.18. The molecule has 0 heterocycles. The zero-order valence-electron chi connectivity index (χ0n) is 19.4. The van der Waals surface area contributed by atoms with Crippen LogP contribution >= 0.6 is 15.9 Å². The predicted octanol–water partition coefficient (Wildman–Crippen LogP) is 7.87. The van der Waals surface area contributed by atoms with Crippen molar-refractivity contribution in [2.45, 2.75) is 67.1 Å². The molecule has 1 aliphatic carbocycles. The van der Waals surface area contributed by atoms with Gasteiger partial charge in [0.15, 0.2) is 0 Å². The number of ether oxygens (including phenoxy) is 2. The van der Waals surface area contributed by atoms with E-state index in [0.29, 0.717) is 19.3 Å². The van der Waals surface area contributed by atoms with Gasteiger partial charge in [-0.25, -0.2) is 0 Å². The number of nitrogens with one attached hydrogen (secondary N) is 1. The summed E-state index contributed by atoms with van der Waals surface area (Å²) >= 11 is 3.74. The first-order valence-corrected chi connectivity index (χ1v) is 11.4. The van der Waals surface area contributed by atoms with Gasteiger partial charge in [0.2, 0.25) is 0 Å². The smallest absolute Gasteiger partial charge is 0.130 e. The summed E-state index contributed by atoms with van der Waals surface area (Å²) < 4.78 is 12.9.